The highest BCUT2D eigenvalue weighted by Crippen LogP contribution is 2.41. The summed E-state index contributed by atoms with van der Waals surface area (Å²) >= 11 is 1.95. The molecule has 8 nitrogen and oxygen atoms in total. The number of nitrogens with zero attached hydrogens (tertiary/aromatic N) is 2. The molecule has 1 aromatic carbocycles. The van der Waals surface area contributed by atoms with Crippen molar-refractivity contribution in [1.29, 1.82) is 0 Å². The molecule has 3 heterocycles. The summed E-state index contributed by atoms with van der Waals surface area (Å²) in [5.41, 5.74) is 1.87. The molecule has 3 aliphatic rings. The first-order chi connectivity index (χ1) is 16.5. The Hall–Kier alpha value is -2.10. The lowest BCUT2D eigenvalue weighted by molar-refractivity contribution is -0.123. The van der Waals surface area contributed by atoms with E-state index < -0.39 is 0 Å². The number of aryl methyl sites for hydroxylation is 1. The first kappa shape index (κ1) is 28.1. The molecule has 3 saturated heterocycles. The van der Waals surface area contributed by atoms with E-state index in [4.69, 9.17) is 19.8 Å². The van der Waals surface area contributed by atoms with E-state index in [1.807, 2.05) is 43.0 Å². The fourth-order valence-electron chi connectivity index (χ4n) is 5.81. The van der Waals surface area contributed by atoms with Crippen LogP contribution in [-0.4, -0.2) is 95.7 Å². The van der Waals surface area contributed by atoms with Gasteiger partial charge in [0.1, 0.15) is 0 Å². The standard InChI is InChI=1S/C23H35N3OS.2CH2O2/c1-17-7-3-4-8-20(17)23(27)24-14-22-19-13-18(15-25(16-19)11-12-28-2)21-9-5-6-10-26(21)22;2*2-1-3/h3-4,7-8,18-19,21-22H,5-6,9-16H2,1-2H3,(H,24,27);2*1H,(H,2,3)/t18-,19+,21+,22+;;/m1../s1. The van der Waals surface area contributed by atoms with Crippen molar-refractivity contribution in [2.45, 2.75) is 44.7 Å². The molecule has 1 amide bonds. The summed E-state index contributed by atoms with van der Waals surface area (Å²) in [6, 6.07) is 9.13. The lowest BCUT2D eigenvalue weighted by Crippen LogP contribution is -2.65. The summed E-state index contributed by atoms with van der Waals surface area (Å²) in [7, 11) is 0. The van der Waals surface area contributed by atoms with Crippen LogP contribution in [0.3, 0.4) is 0 Å². The predicted molar refractivity (Wildman–Crippen MR) is 135 cm³/mol. The Morgan fingerprint density at radius 2 is 1.82 bits per heavy atom. The van der Waals surface area contributed by atoms with Crippen LogP contribution in [-0.2, 0) is 9.59 Å². The summed E-state index contributed by atoms with van der Waals surface area (Å²) in [6.07, 6.45) is 7.58. The second kappa shape index (κ2) is 15.0. The van der Waals surface area contributed by atoms with Crippen LogP contribution in [0, 0.1) is 18.8 Å². The van der Waals surface area contributed by atoms with Gasteiger partial charge in [-0.05, 0) is 62.5 Å². The van der Waals surface area contributed by atoms with Crippen LogP contribution in [0.2, 0.25) is 0 Å². The maximum atomic E-state index is 12.8. The average molecular weight is 494 g/mol. The third-order valence-corrected chi connectivity index (χ3v) is 7.76. The highest BCUT2D eigenvalue weighted by atomic mass is 32.2. The van der Waals surface area contributed by atoms with Crippen molar-refractivity contribution in [3.63, 3.8) is 0 Å². The van der Waals surface area contributed by atoms with Gasteiger partial charge < -0.3 is 20.4 Å². The van der Waals surface area contributed by atoms with Crippen molar-refractivity contribution < 1.29 is 24.6 Å². The number of hydrogen-bond acceptors (Lipinski definition) is 6. The van der Waals surface area contributed by atoms with Gasteiger partial charge in [-0.1, -0.05) is 24.6 Å². The molecular weight excluding hydrogens is 454 g/mol. The van der Waals surface area contributed by atoms with Crippen molar-refractivity contribution in [3.8, 4) is 0 Å². The maximum Gasteiger partial charge on any atom is 0.290 e. The minimum atomic E-state index is -0.250. The van der Waals surface area contributed by atoms with Gasteiger partial charge in [0.2, 0.25) is 0 Å². The van der Waals surface area contributed by atoms with Crippen LogP contribution in [0.15, 0.2) is 24.3 Å². The van der Waals surface area contributed by atoms with Crippen LogP contribution in [0.5, 0.6) is 0 Å². The van der Waals surface area contributed by atoms with Crippen molar-refractivity contribution >= 4 is 30.6 Å². The zero-order valence-corrected chi connectivity index (χ0v) is 21.1. The molecular formula is C25H39N3O5S. The molecule has 3 aliphatic heterocycles. The van der Waals surface area contributed by atoms with Gasteiger partial charge in [-0.3, -0.25) is 19.3 Å². The summed E-state index contributed by atoms with van der Waals surface area (Å²) < 4.78 is 0. The monoisotopic (exact) mass is 493 g/mol. The number of carboxylic acid groups (broad SMARTS) is 2. The SMILES string of the molecule is CSCCN1C[C@H]2C[C@@H](C1)[C@H](CNC(=O)c1ccccc1C)N1CCCC[C@@H]21.O=CO.O=CO. The topological polar surface area (TPSA) is 110 Å². The molecule has 0 spiro atoms. The first-order valence-corrected chi connectivity index (χ1v) is 13.4. The predicted octanol–water partition coefficient (Wildman–Crippen LogP) is 2.66. The molecule has 4 atom stereocenters. The number of likely N-dealkylation sites (tertiary alicyclic amines) is 1. The van der Waals surface area contributed by atoms with Gasteiger partial charge in [-0.15, -0.1) is 0 Å². The van der Waals surface area contributed by atoms with Crippen LogP contribution in [0.25, 0.3) is 0 Å². The van der Waals surface area contributed by atoms with E-state index >= 15 is 0 Å². The Bertz CT molecular complexity index is 775. The molecule has 0 aromatic heterocycles. The Morgan fingerprint density at radius 1 is 1.15 bits per heavy atom. The maximum absolute atomic E-state index is 12.8. The number of hydrogen-bond donors (Lipinski definition) is 3. The lowest BCUT2D eigenvalue weighted by Gasteiger charge is -2.57. The molecule has 3 fully saturated rings. The van der Waals surface area contributed by atoms with E-state index in [9.17, 15) is 4.79 Å². The number of carbonyl (C=O) groups excluding carboxylic acids is 1. The molecule has 3 N–H and O–H groups in total. The number of thioether (sulfide) groups is 1. The number of amides is 1. The van der Waals surface area contributed by atoms with Gasteiger partial charge in [-0.2, -0.15) is 11.8 Å². The van der Waals surface area contributed by atoms with E-state index in [1.165, 1.54) is 57.6 Å². The van der Waals surface area contributed by atoms with E-state index in [0.717, 1.165) is 29.6 Å². The largest absolute Gasteiger partial charge is 0.483 e. The summed E-state index contributed by atoms with van der Waals surface area (Å²) in [5, 5.41) is 17.1. The first-order valence-electron chi connectivity index (χ1n) is 12.0. The Morgan fingerprint density at radius 3 is 2.50 bits per heavy atom. The highest BCUT2D eigenvalue weighted by molar-refractivity contribution is 7.98. The molecule has 4 rings (SSSR count). The average Bonchev–Trinajstić information content (AvgIpc) is 2.84. The Kier molecular flexibility index (Phi) is 12.4. The normalized spacial score (nSPS) is 25.9. The molecule has 34 heavy (non-hydrogen) atoms. The Balaban J connectivity index is 0.000000618. The fourth-order valence-corrected chi connectivity index (χ4v) is 6.25. The molecule has 0 radical (unpaired) electrons. The van der Waals surface area contributed by atoms with Gasteiger partial charge in [0.25, 0.3) is 18.9 Å². The third-order valence-electron chi connectivity index (χ3n) is 7.17. The molecule has 0 unspecified atom stereocenters. The van der Waals surface area contributed by atoms with Gasteiger partial charge in [0, 0.05) is 49.6 Å². The van der Waals surface area contributed by atoms with Crippen LogP contribution in [0.1, 0.15) is 41.6 Å². The summed E-state index contributed by atoms with van der Waals surface area (Å²) in [4.78, 5) is 35.0. The molecule has 9 heteroatoms. The van der Waals surface area contributed by atoms with Crippen molar-refractivity contribution in [2.24, 2.45) is 11.8 Å². The van der Waals surface area contributed by atoms with Crippen molar-refractivity contribution in [1.82, 2.24) is 15.1 Å². The second-order valence-corrected chi connectivity index (χ2v) is 10.1. The lowest BCUT2D eigenvalue weighted by atomic mass is 9.72. The number of fused-ring (bicyclic) bond motifs is 4. The Labute approximate surface area is 207 Å². The number of benzene rings is 1. The van der Waals surface area contributed by atoms with E-state index in [-0.39, 0.29) is 18.9 Å². The van der Waals surface area contributed by atoms with Crippen LogP contribution in [0.4, 0.5) is 0 Å². The molecule has 2 bridgehead atoms. The highest BCUT2D eigenvalue weighted by Gasteiger charge is 2.46. The molecule has 0 saturated carbocycles. The molecule has 1 aromatic rings. The van der Waals surface area contributed by atoms with Gasteiger partial charge in [0.15, 0.2) is 0 Å². The summed E-state index contributed by atoms with van der Waals surface area (Å²) in [5.74, 6) is 2.82. The second-order valence-electron chi connectivity index (χ2n) is 9.11. The fraction of sp³-hybridized carbons (Fsp3) is 0.640. The van der Waals surface area contributed by atoms with Crippen LogP contribution < -0.4 is 5.32 Å². The summed E-state index contributed by atoms with van der Waals surface area (Å²) in [6.45, 7) is 7.21. The third kappa shape index (κ3) is 7.71. The van der Waals surface area contributed by atoms with E-state index in [1.54, 1.807) is 0 Å². The van der Waals surface area contributed by atoms with Crippen molar-refractivity contribution in [3.05, 3.63) is 35.4 Å². The quantitative estimate of drug-likeness (QED) is 0.519. The molecule has 190 valence electrons. The molecule has 0 aliphatic carbocycles. The zero-order valence-electron chi connectivity index (χ0n) is 20.3. The van der Waals surface area contributed by atoms with Crippen LogP contribution >= 0.6 is 11.8 Å². The number of piperidine rings is 3. The number of rotatable bonds is 6. The van der Waals surface area contributed by atoms with Gasteiger partial charge in [0.05, 0.1) is 0 Å². The van der Waals surface area contributed by atoms with E-state index in [2.05, 4.69) is 21.4 Å². The number of nitrogens with one attached hydrogen (secondary N) is 1. The minimum Gasteiger partial charge on any atom is -0.483 e. The minimum absolute atomic E-state index is 0.0869. The van der Waals surface area contributed by atoms with Crippen molar-refractivity contribution in [2.75, 3.05) is 44.7 Å². The smallest absolute Gasteiger partial charge is 0.290 e. The van der Waals surface area contributed by atoms with Gasteiger partial charge in [-0.25, -0.2) is 0 Å². The van der Waals surface area contributed by atoms with E-state index in [0.29, 0.717) is 12.0 Å². The van der Waals surface area contributed by atoms with Gasteiger partial charge >= 0.3 is 0 Å². The number of carbonyl (C=O) groups is 3. The zero-order chi connectivity index (χ0) is 24.9.